The summed E-state index contributed by atoms with van der Waals surface area (Å²) in [7, 11) is 3.36. The number of guanidine groups is 1. The highest BCUT2D eigenvalue weighted by Crippen LogP contribution is 2.22. The fourth-order valence-electron chi connectivity index (χ4n) is 2.58. The third-order valence-corrected chi connectivity index (χ3v) is 3.96. The summed E-state index contributed by atoms with van der Waals surface area (Å²) >= 11 is 0. The monoisotopic (exact) mass is 382 g/mol. The van der Waals surface area contributed by atoms with Gasteiger partial charge in [0.15, 0.2) is 5.96 Å². The number of para-hydroxylation sites is 1. The van der Waals surface area contributed by atoms with Crippen LogP contribution in [0.1, 0.15) is 42.3 Å². The normalized spacial score (nSPS) is 11.7. The van der Waals surface area contributed by atoms with Gasteiger partial charge in [-0.15, -0.1) is 0 Å². The van der Waals surface area contributed by atoms with Crippen molar-refractivity contribution in [1.29, 1.82) is 0 Å². The smallest absolute Gasteiger partial charge is 0.251 e. The molecule has 3 N–H and O–H groups in total. The first-order valence-corrected chi connectivity index (χ1v) is 9.35. The molecule has 28 heavy (non-hydrogen) atoms. The summed E-state index contributed by atoms with van der Waals surface area (Å²) in [6, 6.07) is 15.5. The molecule has 0 saturated heterocycles. The number of hydrogen-bond donors (Lipinski definition) is 3. The Bertz CT molecular complexity index is 808. The van der Waals surface area contributed by atoms with Crippen molar-refractivity contribution in [3.63, 3.8) is 0 Å². The molecule has 0 atom stereocenters. The lowest BCUT2D eigenvalue weighted by molar-refractivity contribution is 0.0963. The lowest BCUT2D eigenvalue weighted by atomic mass is 10.1. The lowest BCUT2D eigenvalue weighted by Crippen LogP contribution is -2.36. The summed E-state index contributed by atoms with van der Waals surface area (Å²) in [5.41, 5.74) is 2.52. The maximum atomic E-state index is 11.6. The maximum absolute atomic E-state index is 11.6. The van der Waals surface area contributed by atoms with Crippen LogP contribution in [0.15, 0.2) is 53.5 Å². The van der Waals surface area contributed by atoms with E-state index < -0.39 is 0 Å². The minimum atomic E-state index is -0.253. The Morgan fingerprint density at radius 1 is 1.00 bits per heavy atom. The molecule has 6 nitrogen and oxygen atoms in total. The first-order chi connectivity index (χ1) is 13.3. The van der Waals surface area contributed by atoms with Crippen LogP contribution in [-0.4, -0.2) is 31.6 Å². The number of nitrogens with one attached hydrogen (secondary N) is 3. The molecular formula is C22H30N4O2. The van der Waals surface area contributed by atoms with Gasteiger partial charge in [0.2, 0.25) is 0 Å². The summed E-state index contributed by atoms with van der Waals surface area (Å²) in [6.07, 6.45) is 0. The van der Waals surface area contributed by atoms with E-state index in [0.29, 0.717) is 24.6 Å². The number of carbonyl (C=O) groups is 1. The molecule has 0 radical (unpaired) electrons. The molecule has 2 aromatic carbocycles. The van der Waals surface area contributed by atoms with Crippen LogP contribution >= 0.6 is 0 Å². The Balaban J connectivity index is 1.93. The van der Waals surface area contributed by atoms with Gasteiger partial charge in [-0.3, -0.25) is 9.79 Å². The van der Waals surface area contributed by atoms with Crippen molar-refractivity contribution in [1.82, 2.24) is 16.0 Å². The van der Waals surface area contributed by atoms with E-state index in [2.05, 4.69) is 20.9 Å². The standard InChI is InChI=1S/C22H30N4O2/c1-22(2,3)28-19-9-7-6-8-18(19)15-26-21(24-5)25-14-16-10-12-17(13-11-16)20(27)23-4/h6-13H,14-15H2,1-5H3,(H,23,27)(H2,24,25,26). The SMILES string of the molecule is CN=C(NCc1ccc(C(=O)NC)cc1)NCc1ccccc1OC(C)(C)C. The molecule has 0 heterocycles. The van der Waals surface area contributed by atoms with E-state index in [9.17, 15) is 4.79 Å². The van der Waals surface area contributed by atoms with Crippen molar-refractivity contribution >= 4 is 11.9 Å². The second kappa shape index (κ2) is 9.78. The van der Waals surface area contributed by atoms with Gasteiger partial charge in [0.1, 0.15) is 11.4 Å². The topological polar surface area (TPSA) is 74.8 Å². The van der Waals surface area contributed by atoms with E-state index in [-0.39, 0.29) is 11.5 Å². The van der Waals surface area contributed by atoms with Crippen LogP contribution in [-0.2, 0) is 13.1 Å². The van der Waals surface area contributed by atoms with Gasteiger partial charge >= 0.3 is 0 Å². The van der Waals surface area contributed by atoms with Crippen LogP contribution in [0.5, 0.6) is 5.75 Å². The number of hydrogen-bond acceptors (Lipinski definition) is 3. The Kier molecular flexibility index (Phi) is 7.44. The van der Waals surface area contributed by atoms with Crippen LogP contribution < -0.4 is 20.7 Å². The first kappa shape index (κ1) is 21.3. The van der Waals surface area contributed by atoms with Gasteiger partial charge in [0, 0.05) is 38.3 Å². The number of aliphatic imine (C=N–C) groups is 1. The van der Waals surface area contributed by atoms with Gasteiger partial charge in [-0.1, -0.05) is 30.3 Å². The summed E-state index contributed by atoms with van der Waals surface area (Å²) < 4.78 is 6.03. The fraction of sp³-hybridized carbons (Fsp3) is 0.364. The molecule has 0 saturated carbocycles. The molecule has 1 amide bonds. The van der Waals surface area contributed by atoms with Crippen molar-refractivity contribution in [3.05, 3.63) is 65.2 Å². The highest BCUT2D eigenvalue weighted by Gasteiger charge is 2.14. The number of rotatable bonds is 6. The predicted molar refractivity (Wildman–Crippen MR) is 114 cm³/mol. The van der Waals surface area contributed by atoms with Gasteiger partial charge in [0.25, 0.3) is 5.91 Å². The number of nitrogens with zero attached hydrogens (tertiary/aromatic N) is 1. The molecule has 0 unspecified atom stereocenters. The zero-order valence-corrected chi connectivity index (χ0v) is 17.3. The molecule has 150 valence electrons. The Hall–Kier alpha value is -3.02. The molecular weight excluding hydrogens is 352 g/mol. The molecule has 0 bridgehead atoms. The van der Waals surface area contributed by atoms with Crippen LogP contribution in [0.25, 0.3) is 0 Å². The minimum absolute atomic E-state index is 0.0897. The number of ether oxygens (including phenoxy) is 1. The van der Waals surface area contributed by atoms with Crippen LogP contribution in [0, 0.1) is 0 Å². The molecule has 6 heteroatoms. The van der Waals surface area contributed by atoms with Gasteiger partial charge in [0.05, 0.1) is 0 Å². The van der Waals surface area contributed by atoms with E-state index in [1.54, 1.807) is 14.1 Å². The minimum Gasteiger partial charge on any atom is -0.488 e. The number of carbonyl (C=O) groups excluding carboxylic acids is 1. The first-order valence-electron chi connectivity index (χ1n) is 9.35. The molecule has 2 aromatic rings. The molecule has 0 aromatic heterocycles. The Morgan fingerprint density at radius 3 is 2.25 bits per heavy atom. The Labute approximate surface area is 167 Å². The Morgan fingerprint density at radius 2 is 1.64 bits per heavy atom. The van der Waals surface area contributed by atoms with Crippen molar-refractivity contribution in [2.75, 3.05) is 14.1 Å². The van der Waals surface area contributed by atoms with E-state index in [1.165, 1.54) is 0 Å². The molecule has 0 aliphatic rings. The largest absolute Gasteiger partial charge is 0.488 e. The van der Waals surface area contributed by atoms with Gasteiger partial charge < -0.3 is 20.7 Å². The third kappa shape index (κ3) is 6.61. The lowest BCUT2D eigenvalue weighted by Gasteiger charge is -2.23. The van der Waals surface area contributed by atoms with E-state index >= 15 is 0 Å². The highest BCUT2D eigenvalue weighted by atomic mass is 16.5. The van der Waals surface area contributed by atoms with Crippen molar-refractivity contribution in [2.45, 2.75) is 39.5 Å². The van der Waals surface area contributed by atoms with Crippen LogP contribution in [0.3, 0.4) is 0 Å². The van der Waals surface area contributed by atoms with Crippen molar-refractivity contribution in [2.24, 2.45) is 4.99 Å². The number of amides is 1. The molecule has 0 fully saturated rings. The summed E-state index contributed by atoms with van der Waals surface area (Å²) in [5, 5.41) is 9.22. The zero-order valence-electron chi connectivity index (χ0n) is 17.3. The summed E-state index contributed by atoms with van der Waals surface area (Å²) in [4.78, 5) is 15.9. The molecule has 2 rings (SSSR count). The summed E-state index contributed by atoms with van der Waals surface area (Å²) in [5.74, 6) is 1.47. The second-order valence-electron chi connectivity index (χ2n) is 7.38. The third-order valence-electron chi connectivity index (χ3n) is 3.96. The zero-order chi connectivity index (χ0) is 20.6. The van der Waals surface area contributed by atoms with E-state index in [0.717, 1.165) is 16.9 Å². The highest BCUT2D eigenvalue weighted by molar-refractivity contribution is 5.93. The van der Waals surface area contributed by atoms with Gasteiger partial charge in [-0.2, -0.15) is 0 Å². The van der Waals surface area contributed by atoms with Crippen LogP contribution in [0.2, 0.25) is 0 Å². The maximum Gasteiger partial charge on any atom is 0.251 e. The molecule has 0 aliphatic carbocycles. The average Bonchev–Trinajstić information content (AvgIpc) is 2.68. The predicted octanol–water partition coefficient (Wildman–Crippen LogP) is 3.09. The number of benzene rings is 2. The van der Waals surface area contributed by atoms with Crippen LogP contribution in [0.4, 0.5) is 0 Å². The fourth-order valence-corrected chi connectivity index (χ4v) is 2.58. The summed E-state index contributed by atoms with van der Waals surface area (Å²) in [6.45, 7) is 7.31. The van der Waals surface area contributed by atoms with Crippen molar-refractivity contribution in [3.8, 4) is 5.75 Å². The van der Waals surface area contributed by atoms with Gasteiger partial charge in [-0.25, -0.2) is 0 Å². The van der Waals surface area contributed by atoms with Crippen molar-refractivity contribution < 1.29 is 9.53 Å². The quantitative estimate of drug-likeness (QED) is 0.530. The average molecular weight is 383 g/mol. The van der Waals surface area contributed by atoms with E-state index in [4.69, 9.17) is 4.74 Å². The second-order valence-corrected chi connectivity index (χ2v) is 7.38. The molecule has 0 aliphatic heterocycles. The van der Waals surface area contributed by atoms with Gasteiger partial charge in [-0.05, 0) is 44.5 Å². The molecule has 0 spiro atoms. The van der Waals surface area contributed by atoms with E-state index in [1.807, 2.05) is 69.3 Å².